The van der Waals surface area contributed by atoms with E-state index in [-0.39, 0.29) is 5.91 Å². The van der Waals surface area contributed by atoms with Crippen LogP contribution in [-0.4, -0.2) is 51.3 Å². The Morgan fingerprint density at radius 3 is 2.67 bits per heavy atom. The topological polar surface area (TPSA) is 57.3 Å². The summed E-state index contributed by atoms with van der Waals surface area (Å²) in [7, 11) is 13.6. The Morgan fingerprint density at radius 2 is 2.07 bits per heavy atom. The van der Waals surface area contributed by atoms with Crippen molar-refractivity contribution in [3.8, 4) is 0 Å². The predicted molar refractivity (Wildman–Crippen MR) is 117 cm³/mol. The van der Waals surface area contributed by atoms with Gasteiger partial charge in [0.05, 0.1) is 21.3 Å². The number of anilines is 2. The third-order valence-electron chi connectivity index (χ3n) is 4.62. The molecule has 0 saturated carbocycles. The van der Waals surface area contributed by atoms with Gasteiger partial charge in [-0.3, -0.25) is 4.79 Å². The molecule has 134 valence electrons. The highest BCUT2D eigenvalue weighted by Crippen LogP contribution is 2.31. The Hall–Kier alpha value is -2.10. The molecule has 2 heterocycles. The standard InChI is InChI=1S/C19H21B2N4OP/c1-3-27(22-2)16-12-14(18(26)24-15-8-5-4-6-9-15)13-23-17(16)25-11-7-10-19(25,20)21/h3-6,8-9,12-13,22H,7,10-11H2,1-2H3/p+1. The Balaban J connectivity index is 1.98. The van der Waals surface area contributed by atoms with E-state index in [1.807, 2.05) is 55.3 Å². The van der Waals surface area contributed by atoms with Gasteiger partial charge in [0.25, 0.3) is 5.91 Å². The van der Waals surface area contributed by atoms with Crippen molar-refractivity contribution in [2.75, 3.05) is 23.8 Å². The van der Waals surface area contributed by atoms with Crippen molar-refractivity contribution in [2.45, 2.75) is 25.1 Å². The fourth-order valence-electron chi connectivity index (χ4n) is 3.24. The predicted octanol–water partition coefficient (Wildman–Crippen LogP) is 1.99. The van der Waals surface area contributed by atoms with Gasteiger partial charge in [0, 0.05) is 31.5 Å². The van der Waals surface area contributed by atoms with Crippen molar-refractivity contribution in [1.29, 1.82) is 0 Å². The van der Waals surface area contributed by atoms with Crippen LogP contribution >= 0.6 is 7.70 Å². The molecule has 1 atom stereocenters. The lowest BCUT2D eigenvalue weighted by Crippen LogP contribution is -2.47. The second-order valence-electron chi connectivity index (χ2n) is 6.49. The van der Waals surface area contributed by atoms with Crippen LogP contribution in [0.2, 0.25) is 0 Å². The van der Waals surface area contributed by atoms with E-state index in [1.165, 1.54) is 0 Å². The number of amides is 1. The normalized spacial score (nSPS) is 16.4. The van der Waals surface area contributed by atoms with Crippen LogP contribution in [0, 0.1) is 0 Å². The molecule has 1 unspecified atom stereocenters. The van der Waals surface area contributed by atoms with Crippen LogP contribution < -0.4 is 20.6 Å². The monoisotopic (exact) mass is 375 g/mol. The first-order valence-electron chi connectivity index (χ1n) is 8.94. The summed E-state index contributed by atoms with van der Waals surface area (Å²) >= 11 is 0. The van der Waals surface area contributed by atoms with Crippen molar-refractivity contribution in [1.82, 2.24) is 10.1 Å². The first-order chi connectivity index (χ1) is 13.0. The number of carbonyl (C=O) groups is 1. The maximum atomic E-state index is 12.7. The molecule has 3 rings (SSSR count). The van der Waals surface area contributed by atoms with E-state index in [4.69, 9.17) is 15.7 Å². The molecule has 5 nitrogen and oxygen atoms in total. The molecule has 1 fully saturated rings. The lowest BCUT2D eigenvalue weighted by Gasteiger charge is -2.34. The van der Waals surface area contributed by atoms with E-state index < -0.39 is 13.0 Å². The molecular weight excluding hydrogens is 353 g/mol. The van der Waals surface area contributed by atoms with Crippen LogP contribution in [0.15, 0.2) is 42.6 Å². The number of hydrogen-bond donors (Lipinski definition) is 2. The molecule has 1 amide bonds. The fourth-order valence-corrected chi connectivity index (χ4v) is 4.68. The molecule has 2 N–H and O–H groups in total. The number of pyridine rings is 1. The zero-order chi connectivity index (χ0) is 19.4. The van der Waals surface area contributed by atoms with Gasteiger partial charge < -0.3 is 10.2 Å². The highest BCUT2D eigenvalue weighted by atomic mass is 31.1. The Morgan fingerprint density at radius 1 is 1.33 bits per heavy atom. The number of benzene rings is 1. The minimum atomic E-state index is -0.919. The van der Waals surface area contributed by atoms with Crippen molar-refractivity contribution in [3.05, 3.63) is 48.2 Å². The zero-order valence-corrected chi connectivity index (χ0v) is 16.5. The number of carbonyl (C=O) groups excluding carboxylic acids is 1. The fraction of sp³-hybridized carbons (Fsp3) is 0.316. The summed E-state index contributed by atoms with van der Waals surface area (Å²) in [5.41, 5.74) is 1.24. The van der Waals surface area contributed by atoms with E-state index in [9.17, 15) is 4.79 Å². The van der Waals surface area contributed by atoms with Gasteiger partial charge in [0.15, 0.2) is 5.82 Å². The van der Waals surface area contributed by atoms with Gasteiger partial charge in [0.1, 0.15) is 5.80 Å². The Bertz CT molecular complexity index is 858. The number of rotatable bonds is 5. The molecule has 1 aliphatic heterocycles. The maximum Gasteiger partial charge on any atom is 0.257 e. The second-order valence-corrected chi connectivity index (χ2v) is 8.67. The molecule has 0 bridgehead atoms. The van der Waals surface area contributed by atoms with Crippen LogP contribution in [0.25, 0.3) is 0 Å². The summed E-state index contributed by atoms with van der Waals surface area (Å²) in [5.74, 6) is 2.63. The van der Waals surface area contributed by atoms with Gasteiger partial charge >= 0.3 is 0 Å². The third-order valence-corrected chi connectivity index (χ3v) is 6.46. The SMILES string of the molecule is [B]C1([B])CCCN1c1ncc(C(=O)Nc2ccccc2)cc1/[P+](=C/C)NC. The van der Waals surface area contributed by atoms with Crippen LogP contribution in [0.1, 0.15) is 30.1 Å². The average molecular weight is 375 g/mol. The number of nitrogens with zero attached hydrogens (tertiary/aromatic N) is 2. The summed E-state index contributed by atoms with van der Waals surface area (Å²) in [6.45, 7) is 2.74. The second kappa shape index (κ2) is 8.28. The summed E-state index contributed by atoms with van der Waals surface area (Å²) < 4.78 is 0. The van der Waals surface area contributed by atoms with E-state index >= 15 is 0 Å². The Labute approximate surface area is 164 Å². The summed E-state index contributed by atoms with van der Waals surface area (Å²) in [4.78, 5) is 19.2. The van der Waals surface area contributed by atoms with Gasteiger partial charge in [-0.2, -0.15) is 0 Å². The quantitative estimate of drug-likeness (QED) is 0.620. The summed E-state index contributed by atoms with van der Waals surface area (Å²) in [6.07, 6.45) is 3.21. The summed E-state index contributed by atoms with van der Waals surface area (Å²) in [6, 6.07) is 11.2. The number of aromatic nitrogens is 1. The number of nitrogens with one attached hydrogen (secondary N) is 2. The smallest absolute Gasteiger partial charge is 0.257 e. The maximum absolute atomic E-state index is 12.7. The molecule has 1 aromatic carbocycles. The zero-order valence-electron chi connectivity index (χ0n) is 15.6. The van der Waals surface area contributed by atoms with Crippen LogP contribution in [0.5, 0.6) is 0 Å². The van der Waals surface area contributed by atoms with Crippen molar-refractivity contribution < 1.29 is 4.79 Å². The molecule has 2 aromatic rings. The highest BCUT2D eigenvalue weighted by Gasteiger charge is 2.36. The molecular formula is C19H22B2N4OP+. The lowest BCUT2D eigenvalue weighted by atomic mass is 9.60. The van der Waals surface area contributed by atoms with Crippen molar-refractivity contribution in [3.63, 3.8) is 0 Å². The largest absolute Gasteiger partial charge is 0.365 e. The molecule has 1 saturated heterocycles. The van der Waals surface area contributed by atoms with Gasteiger partial charge in [-0.05, 0) is 37.2 Å². The number of hydrogen-bond acceptors (Lipinski definition) is 4. The van der Waals surface area contributed by atoms with E-state index in [1.54, 1.807) is 6.20 Å². The van der Waals surface area contributed by atoms with E-state index in [0.717, 1.165) is 29.8 Å². The van der Waals surface area contributed by atoms with E-state index in [0.29, 0.717) is 12.0 Å². The van der Waals surface area contributed by atoms with Crippen LogP contribution in [0.4, 0.5) is 11.5 Å². The molecule has 8 heteroatoms. The molecule has 0 spiro atoms. The van der Waals surface area contributed by atoms with Gasteiger partial charge in [-0.25, -0.2) is 4.98 Å². The number of para-hydroxylation sites is 1. The molecule has 1 aliphatic rings. The van der Waals surface area contributed by atoms with Gasteiger partial charge in [-0.15, -0.1) is 5.09 Å². The minimum Gasteiger partial charge on any atom is -0.365 e. The third kappa shape index (κ3) is 4.26. The lowest BCUT2D eigenvalue weighted by molar-refractivity contribution is 0.102. The minimum absolute atomic E-state index is 0.197. The first kappa shape index (κ1) is 19.7. The van der Waals surface area contributed by atoms with Gasteiger partial charge in [0.2, 0.25) is 13.0 Å². The Kier molecular flexibility index (Phi) is 6.03. The molecule has 1 aromatic heterocycles. The first-order valence-corrected chi connectivity index (χ1v) is 10.4. The highest BCUT2D eigenvalue weighted by molar-refractivity contribution is 7.63. The summed E-state index contributed by atoms with van der Waals surface area (Å²) in [5, 5.41) is 6.23. The van der Waals surface area contributed by atoms with Gasteiger partial charge in [-0.1, -0.05) is 18.2 Å². The van der Waals surface area contributed by atoms with Crippen LogP contribution in [-0.2, 0) is 0 Å². The van der Waals surface area contributed by atoms with Crippen molar-refractivity contribution in [2.24, 2.45) is 0 Å². The average Bonchev–Trinajstić information content (AvgIpc) is 3.02. The van der Waals surface area contributed by atoms with Crippen molar-refractivity contribution >= 4 is 51.9 Å². The molecule has 27 heavy (non-hydrogen) atoms. The van der Waals surface area contributed by atoms with E-state index in [2.05, 4.69) is 21.2 Å². The molecule has 0 aliphatic carbocycles. The van der Waals surface area contributed by atoms with Crippen LogP contribution in [0.3, 0.4) is 0 Å². The molecule has 4 radical (unpaired) electrons.